The van der Waals surface area contributed by atoms with Crippen LogP contribution in [0.4, 0.5) is 0 Å². The maximum Gasteiger partial charge on any atom is 0.325 e. The highest BCUT2D eigenvalue weighted by Gasteiger charge is 2.12. The van der Waals surface area contributed by atoms with Crippen LogP contribution in [0, 0.1) is 0 Å². The van der Waals surface area contributed by atoms with Gasteiger partial charge in [0.2, 0.25) is 5.91 Å². The molecule has 0 saturated carbocycles. The third-order valence-corrected chi connectivity index (χ3v) is 1.57. The van der Waals surface area contributed by atoms with Crippen molar-refractivity contribution in [1.82, 2.24) is 5.32 Å². The molecular weight excluding hydrogens is 186 g/mol. The van der Waals surface area contributed by atoms with Crippen LogP contribution in [0.25, 0.3) is 0 Å². The summed E-state index contributed by atoms with van der Waals surface area (Å²) in [6.45, 7) is 4.37. The predicted octanol–water partition coefficient (Wildman–Crippen LogP) is 0.392. The Balaban J connectivity index is 3.50. The van der Waals surface area contributed by atoms with Gasteiger partial charge in [0.25, 0.3) is 0 Å². The van der Waals surface area contributed by atoms with E-state index in [-0.39, 0.29) is 12.3 Å². The predicted molar refractivity (Wildman–Crippen MR) is 51.0 cm³/mol. The summed E-state index contributed by atoms with van der Waals surface area (Å²) in [5.41, 5.74) is 0. The molecule has 1 amide bonds. The Morgan fingerprint density at radius 3 is 2.57 bits per heavy atom. The molecule has 0 fully saturated rings. The second kappa shape index (κ2) is 7.32. The summed E-state index contributed by atoms with van der Waals surface area (Å²) < 4.78 is 5.09. The molecule has 0 saturated heterocycles. The molecule has 0 rings (SSSR count). The molecule has 0 unspecified atom stereocenters. The lowest BCUT2D eigenvalue weighted by atomic mass is 10.3. The summed E-state index contributed by atoms with van der Waals surface area (Å²) in [5.74, 6) is -1.33. The molecule has 5 nitrogen and oxygen atoms in total. The van der Waals surface area contributed by atoms with Gasteiger partial charge in [-0.1, -0.05) is 6.92 Å². The highest BCUT2D eigenvalue weighted by Crippen LogP contribution is 1.88. The quantitative estimate of drug-likeness (QED) is 0.587. The van der Waals surface area contributed by atoms with Crippen molar-refractivity contribution < 1.29 is 19.4 Å². The van der Waals surface area contributed by atoms with Gasteiger partial charge in [-0.3, -0.25) is 9.59 Å². The molecule has 0 aliphatic heterocycles. The lowest BCUT2D eigenvalue weighted by Crippen LogP contribution is -2.38. The minimum absolute atomic E-state index is 0.206. The smallest absolute Gasteiger partial charge is 0.325 e. The lowest BCUT2D eigenvalue weighted by Gasteiger charge is -2.08. The van der Waals surface area contributed by atoms with Gasteiger partial charge in [-0.25, -0.2) is 0 Å². The van der Waals surface area contributed by atoms with Gasteiger partial charge in [0.1, 0.15) is 6.04 Å². The van der Waals surface area contributed by atoms with E-state index in [1.165, 1.54) is 6.92 Å². The summed E-state index contributed by atoms with van der Waals surface area (Å²) in [4.78, 5) is 21.4. The zero-order valence-corrected chi connectivity index (χ0v) is 8.58. The highest BCUT2D eigenvalue weighted by atomic mass is 16.5. The van der Waals surface area contributed by atoms with Gasteiger partial charge in [-0.15, -0.1) is 0 Å². The first-order valence-corrected chi connectivity index (χ1v) is 4.67. The lowest BCUT2D eigenvalue weighted by molar-refractivity contribution is -0.141. The molecule has 0 aliphatic rings. The van der Waals surface area contributed by atoms with Gasteiger partial charge < -0.3 is 15.2 Å². The molecule has 0 aliphatic carbocycles. The van der Waals surface area contributed by atoms with Crippen molar-refractivity contribution in [2.75, 3.05) is 13.2 Å². The van der Waals surface area contributed by atoms with E-state index in [9.17, 15) is 9.59 Å². The number of aliphatic carboxylic acids is 1. The van der Waals surface area contributed by atoms with Crippen LogP contribution in [0.1, 0.15) is 26.7 Å². The Labute approximate surface area is 83.4 Å². The molecule has 1 atom stereocenters. The van der Waals surface area contributed by atoms with E-state index < -0.39 is 12.0 Å². The molecule has 82 valence electrons. The van der Waals surface area contributed by atoms with Gasteiger partial charge in [0.15, 0.2) is 0 Å². The standard InChI is InChI=1S/C9H17NO4/c1-3-5-14-6-4-8(11)10-7(2)9(12)13/h7H,3-6H2,1-2H3,(H,10,11)(H,12,13)/t7-/m1/s1. The Bertz CT molecular complexity index is 193. The van der Waals surface area contributed by atoms with E-state index >= 15 is 0 Å². The van der Waals surface area contributed by atoms with Crippen molar-refractivity contribution in [3.63, 3.8) is 0 Å². The van der Waals surface area contributed by atoms with E-state index in [2.05, 4.69) is 5.32 Å². The highest BCUT2D eigenvalue weighted by molar-refractivity contribution is 5.83. The van der Waals surface area contributed by atoms with Crippen LogP contribution in [0.5, 0.6) is 0 Å². The fourth-order valence-electron chi connectivity index (χ4n) is 0.787. The minimum atomic E-state index is -1.03. The van der Waals surface area contributed by atoms with Crippen LogP contribution in [0.3, 0.4) is 0 Å². The maximum absolute atomic E-state index is 11.1. The zero-order valence-electron chi connectivity index (χ0n) is 8.58. The largest absolute Gasteiger partial charge is 0.480 e. The van der Waals surface area contributed by atoms with Crippen LogP contribution in [-0.2, 0) is 14.3 Å². The number of ether oxygens (including phenoxy) is 1. The Kier molecular flexibility index (Phi) is 6.74. The zero-order chi connectivity index (χ0) is 11.0. The van der Waals surface area contributed by atoms with E-state index in [1.54, 1.807) is 0 Å². The topological polar surface area (TPSA) is 75.6 Å². The Morgan fingerprint density at radius 2 is 2.07 bits per heavy atom. The molecular formula is C9H17NO4. The molecule has 14 heavy (non-hydrogen) atoms. The third kappa shape index (κ3) is 6.42. The Morgan fingerprint density at radius 1 is 1.43 bits per heavy atom. The van der Waals surface area contributed by atoms with E-state index in [1.807, 2.05) is 6.92 Å². The number of hydrogen-bond donors (Lipinski definition) is 2. The van der Waals surface area contributed by atoms with Gasteiger partial charge >= 0.3 is 5.97 Å². The van der Waals surface area contributed by atoms with Crippen LogP contribution in [0.15, 0.2) is 0 Å². The molecule has 2 N–H and O–H groups in total. The number of nitrogens with one attached hydrogen (secondary N) is 1. The first-order chi connectivity index (χ1) is 6.57. The fraction of sp³-hybridized carbons (Fsp3) is 0.778. The number of carboxylic acids is 1. The van der Waals surface area contributed by atoms with Crippen molar-refractivity contribution in [3.8, 4) is 0 Å². The van der Waals surface area contributed by atoms with Gasteiger partial charge in [-0.05, 0) is 13.3 Å². The van der Waals surface area contributed by atoms with E-state index in [0.29, 0.717) is 13.2 Å². The van der Waals surface area contributed by atoms with Crippen LogP contribution in [0.2, 0.25) is 0 Å². The average molecular weight is 203 g/mol. The monoisotopic (exact) mass is 203 g/mol. The number of rotatable bonds is 7. The summed E-state index contributed by atoms with van der Waals surface area (Å²) in [6, 6.07) is -0.839. The van der Waals surface area contributed by atoms with Crippen molar-refractivity contribution in [1.29, 1.82) is 0 Å². The van der Waals surface area contributed by atoms with Gasteiger partial charge in [0.05, 0.1) is 6.61 Å². The molecule has 0 bridgehead atoms. The molecule has 0 aromatic rings. The fourth-order valence-corrected chi connectivity index (χ4v) is 0.787. The Hall–Kier alpha value is -1.10. The summed E-state index contributed by atoms with van der Waals surface area (Å²) in [7, 11) is 0. The summed E-state index contributed by atoms with van der Waals surface area (Å²) in [6.07, 6.45) is 1.12. The molecule has 5 heteroatoms. The number of carboxylic acid groups (broad SMARTS) is 1. The van der Waals surface area contributed by atoms with Gasteiger partial charge in [0, 0.05) is 13.0 Å². The second-order valence-corrected chi connectivity index (χ2v) is 2.99. The number of amides is 1. The molecule has 0 radical (unpaired) electrons. The van der Waals surface area contributed by atoms with Crippen molar-refractivity contribution in [3.05, 3.63) is 0 Å². The second-order valence-electron chi connectivity index (χ2n) is 2.99. The summed E-state index contributed by atoms with van der Waals surface area (Å²) >= 11 is 0. The molecule has 0 aromatic heterocycles. The molecule has 0 heterocycles. The number of hydrogen-bond acceptors (Lipinski definition) is 3. The number of carbonyl (C=O) groups excluding carboxylic acids is 1. The van der Waals surface area contributed by atoms with Crippen LogP contribution in [-0.4, -0.2) is 36.2 Å². The third-order valence-electron chi connectivity index (χ3n) is 1.57. The summed E-state index contributed by atoms with van der Waals surface area (Å²) in [5, 5.41) is 10.8. The average Bonchev–Trinajstić information content (AvgIpc) is 2.12. The van der Waals surface area contributed by atoms with E-state index in [0.717, 1.165) is 6.42 Å². The normalized spacial score (nSPS) is 12.1. The van der Waals surface area contributed by atoms with E-state index in [4.69, 9.17) is 9.84 Å². The van der Waals surface area contributed by atoms with Crippen molar-refractivity contribution >= 4 is 11.9 Å². The van der Waals surface area contributed by atoms with Crippen LogP contribution < -0.4 is 5.32 Å². The first-order valence-electron chi connectivity index (χ1n) is 4.67. The molecule has 0 spiro atoms. The molecule has 0 aromatic carbocycles. The maximum atomic E-state index is 11.1. The minimum Gasteiger partial charge on any atom is -0.480 e. The van der Waals surface area contributed by atoms with Crippen LogP contribution >= 0.6 is 0 Å². The van der Waals surface area contributed by atoms with Crippen molar-refractivity contribution in [2.24, 2.45) is 0 Å². The number of carbonyl (C=O) groups is 2. The van der Waals surface area contributed by atoms with Gasteiger partial charge in [-0.2, -0.15) is 0 Å². The van der Waals surface area contributed by atoms with Crippen molar-refractivity contribution in [2.45, 2.75) is 32.7 Å². The SMILES string of the molecule is CCCOCCC(=O)N[C@H](C)C(=O)O. The first kappa shape index (κ1) is 12.9.